The number of carbonyl (C=O) groups excluding carboxylic acids is 2. The summed E-state index contributed by atoms with van der Waals surface area (Å²) in [6, 6.07) is 8.44. The molecule has 0 saturated heterocycles. The van der Waals surface area contributed by atoms with E-state index < -0.39 is 0 Å². The van der Waals surface area contributed by atoms with Crippen molar-refractivity contribution < 1.29 is 14.7 Å². The number of aliphatic imine (C=N–C) groups is 1. The normalized spacial score (nSPS) is 12.8. The molecular formula is C24H29N5O3. The van der Waals surface area contributed by atoms with E-state index in [2.05, 4.69) is 15.3 Å². The Kier molecular flexibility index (Phi) is 7.72. The Hall–Kier alpha value is -3.52. The fourth-order valence-electron chi connectivity index (χ4n) is 3.52. The molecular weight excluding hydrogens is 406 g/mol. The van der Waals surface area contributed by atoms with Crippen molar-refractivity contribution in [3.05, 3.63) is 58.9 Å². The van der Waals surface area contributed by atoms with E-state index in [1.54, 1.807) is 30.3 Å². The minimum atomic E-state index is -0.318. The number of nitrogens with two attached hydrogens (primary N) is 1. The Bertz CT molecular complexity index is 1040. The number of anilines is 1. The van der Waals surface area contributed by atoms with E-state index in [9.17, 15) is 9.59 Å². The molecule has 168 valence electrons. The quantitative estimate of drug-likeness (QED) is 0.588. The summed E-state index contributed by atoms with van der Waals surface area (Å²) >= 11 is 0. The molecule has 1 aliphatic rings. The van der Waals surface area contributed by atoms with Gasteiger partial charge in [-0.3, -0.25) is 14.6 Å². The van der Waals surface area contributed by atoms with Crippen molar-refractivity contribution in [3.8, 4) is 0 Å². The summed E-state index contributed by atoms with van der Waals surface area (Å²) in [5.74, 6) is -0.0142. The van der Waals surface area contributed by atoms with Crippen LogP contribution in [0.1, 0.15) is 54.7 Å². The predicted molar refractivity (Wildman–Crippen MR) is 126 cm³/mol. The number of nitrogens with zero attached hydrogens (tertiary/aromatic N) is 3. The van der Waals surface area contributed by atoms with Gasteiger partial charge in [-0.05, 0) is 43.2 Å². The van der Waals surface area contributed by atoms with Crippen molar-refractivity contribution in [1.82, 2.24) is 9.88 Å². The van der Waals surface area contributed by atoms with Gasteiger partial charge in [0.05, 0.1) is 29.9 Å². The van der Waals surface area contributed by atoms with E-state index in [-0.39, 0.29) is 24.8 Å². The highest BCUT2D eigenvalue weighted by atomic mass is 16.3. The predicted octanol–water partition coefficient (Wildman–Crippen LogP) is 3.25. The van der Waals surface area contributed by atoms with Crippen LogP contribution in [0.25, 0.3) is 6.08 Å². The fraction of sp³-hybridized carbons (Fsp3) is 0.333. The lowest BCUT2D eigenvalue weighted by Crippen LogP contribution is -2.34. The Balaban J connectivity index is 1.84. The lowest BCUT2D eigenvalue weighted by Gasteiger charge is -2.22. The third-order valence-electron chi connectivity index (χ3n) is 5.05. The number of hydrogen-bond donors (Lipinski definition) is 3. The molecule has 1 aromatic carbocycles. The summed E-state index contributed by atoms with van der Waals surface area (Å²) in [6.45, 7) is 5.33. The molecule has 2 amide bonds. The Labute approximate surface area is 187 Å². The van der Waals surface area contributed by atoms with Crippen molar-refractivity contribution in [3.63, 3.8) is 0 Å². The number of nitrogens with one attached hydrogen (secondary N) is 1. The van der Waals surface area contributed by atoms with Gasteiger partial charge in [0.2, 0.25) is 5.91 Å². The number of amidine groups is 1. The highest BCUT2D eigenvalue weighted by molar-refractivity contribution is 6.07. The molecule has 0 unspecified atom stereocenters. The van der Waals surface area contributed by atoms with Gasteiger partial charge in [0, 0.05) is 36.2 Å². The summed E-state index contributed by atoms with van der Waals surface area (Å²) in [5, 5.41) is 11.9. The lowest BCUT2D eigenvalue weighted by atomic mass is 10.0. The van der Waals surface area contributed by atoms with Crippen LogP contribution in [0.2, 0.25) is 0 Å². The zero-order valence-corrected chi connectivity index (χ0v) is 18.5. The number of pyridine rings is 1. The molecule has 0 aliphatic carbocycles. The zero-order chi connectivity index (χ0) is 23.1. The molecule has 0 spiro atoms. The summed E-state index contributed by atoms with van der Waals surface area (Å²) in [7, 11) is 0. The van der Waals surface area contributed by atoms with Gasteiger partial charge in [0.15, 0.2) is 0 Å². The Morgan fingerprint density at radius 3 is 2.53 bits per heavy atom. The van der Waals surface area contributed by atoms with Gasteiger partial charge in [-0.1, -0.05) is 19.9 Å². The molecule has 0 radical (unpaired) electrons. The first-order valence-electron chi connectivity index (χ1n) is 10.8. The van der Waals surface area contributed by atoms with Crippen LogP contribution in [0.3, 0.4) is 0 Å². The van der Waals surface area contributed by atoms with Crippen LogP contribution in [-0.2, 0) is 11.4 Å². The topological polar surface area (TPSA) is 121 Å². The van der Waals surface area contributed by atoms with E-state index in [0.717, 1.165) is 18.4 Å². The standard InChI is InChI=1S/C24H29N5O3/c1-3-9-29(10-4-2)24(32)18-11-16-5-6-17(12-21(16)28-22(25)13-18)23(31)27-19-7-8-20(15-30)26-14-19/h5-8,11-12,14,30H,3-4,9-10,13,15H2,1-2H3,(H2,25,28)(H,27,31). The summed E-state index contributed by atoms with van der Waals surface area (Å²) in [5.41, 5.74) is 9.45. The second-order valence-corrected chi connectivity index (χ2v) is 7.67. The minimum Gasteiger partial charge on any atom is -0.390 e. The number of benzene rings is 1. The summed E-state index contributed by atoms with van der Waals surface area (Å²) < 4.78 is 0. The highest BCUT2D eigenvalue weighted by Crippen LogP contribution is 2.28. The van der Waals surface area contributed by atoms with E-state index in [1.807, 2.05) is 24.8 Å². The van der Waals surface area contributed by atoms with Crippen molar-refractivity contribution in [1.29, 1.82) is 0 Å². The number of rotatable bonds is 8. The van der Waals surface area contributed by atoms with Gasteiger partial charge in [0.25, 0.3) is 5.91 Å². The Morgan fingerprint density at radius 2 is 1.91 bits per heavy atom. The van der Waals surface area contributed by atoms with Crippen molar-refractivity contribution in [2.24, 2.45) is 10.7 Å². The molecule has 0 bridgehead atoms. The number of aromatic nitrogens is 1. The molecule has 8 nitrogen and oxygen atoms in total. The largest absolute Gasteiger partial charge is 0.390 e. The number of hydrogen-bond acceptors (Lipinski definition) is 6. The maximum absolute atomic E-state index is 13.1. The first kappa shape index (κ1) is 23.1. The Morgan fingerprint density at radius 1 is 1.16 bits per heavy atom. The molecule has 0 fully saturated rings. The third-order valence-corrected chi connectivity index (χ3v) is 5.05. The van der Waals surface area contributed by atoms with Crippen LogP contribution < -0.4 is 11.1 Å². The van der Waals surface area contributed by atoms with Crippen LogP contribution in [0.4, 0.5) is 11.4 Å². The van der Waals surface area contributed by atoms with Crippen LogP contribution in [0.5, 0.6) is 0 Å². The lowest BCUT2D eigenvalue weighted by molar-refractivity contribution is -0.127. The summed E-state index contributed by atoms with van der Waals surface area (Å²) in [4.78, 5) is 36.1. The molecule has 4 N–H and O–H groups in total. The molecule has 1 aromatic heterocycles. The van der Waals surface area contributed by atoms with Crippen molar-refractivity contribution in [2.45, 2.75) is 39.7 Å². The second-order valence-electron chi connectivity index (χ2n) is 7.67. The highest BCUT2D eigenvalue weighted by Gasteiger charge is 2.21. The maximum Gasteiger partial charge on any atom is 0.255 e. The smallest absolute Gasteiger partial charge is 0.255 e. The minimum absolute atomic E-state index is 0.0275. The van der Waals surface area contributed by atoms with Crippen LogP contribution >= 0.6 is 0 Å². The molecule has 2 heterocycles. The average molecular weight is 436 g/mol. The van der Waals surface area contributed by atoms with Gasteiger partial charge in [-0.2, -0.15) is 0 Å². The molecule has 3 rings (SSSR count). The molecule has 0 atom stereocenters. The van der Waals surface area contributed by atoms with E-state index >= 15 is 0 Å². The second kappa shape index (κ2) is 10.7. The number of fused-ring (bicyclic) bond motifs is 1. The first-order chi connectivity index (χ1) is 15.4. The van der Waals surface area contributed by atoms with Crippen LogP contribution in [-0.4, -0.2) is 45.7 Å². The van der Waals surface area contributed by atoms with E-state index in [0.29, 0.717) is 47.1 Å². The first-order valence-corrected chi connectivity index (χ1v) is 10.8. The van der Waals surface area contributed by atoms with Gasteiger partial charge in [0.1, 0.15) is 5.84 Å². The molecule has 32 heavy (non-hydrogen) atoms. The monoisotopic (exact) mass is 435 g/mol. The number of amides is 2. The van der Waals surface area contributed by atoms with Crippen LogP contribution in [0, 0.1) is 0 Å². The molecule has 8 heteroatoms. The SMILES string of the molecule is CCCN(CCC)C(=O)C1=Cc2ccc(C(=O)Nc3ccc(CO)nc3)cc2N=C(N)C1. The van der Waals surface area contributed by atoms with E-state index in [1.165, 1.54) is 6.20 Å². The average Bonchev–Trinajstić information content (AvgIpc) is 2.96. The van der Waals surface area contributed by atoms with Crippen molar-refractivity contribution >= 4 is 35.1 Å². The van der Waals surface area contributed by atoms with Crippen molar-refractivity contribution in [2.75, 3.05) is 18.4 Å². The number of aliphatic hydroxyl groups excluding tert-OH is 1. The number of carbonyl (C=O) groups is 2. The number of aliphatic hydroxyl groups is 1. The van der Waals surface area contributed by atoms with Gasteiger partial charge in [-0.15, -0.1) is 0 Å². The fourth-order valence-corrected chi connectivity index (χ4v) is 3.52. The van der Waals surface area contributed by atoms with Gasteiger partial charge >= 0.3 is 0 Å². The molecule has 0 saturated carbocycles. The van der Waals surface area contributed by atoms with E-state index in [4.69, 9.17) is 10.8 Å². The molecule has 1 aliphatic heterocycles. The third kappa shape index (κ3) is 5.59. The van der Waals surface area contributed by atoms with Crippen LogP contribution in [0.15, 0.2) is 47.1 Å². The van der Waals surface area contributed by atoms with Gasteiger partial charge < -0.3 is 21.1 Å². The zero-order valence-electron chi connectivity index (χ0n) is 18.5. The maximum atomic E-state index is 13.1. The summed E-state index contributed by atoms with van der Waals surface area (Å²) in [6.07, 6.45) is 5.34. The van der Waals surface area contributed by atoms with Gasteiger partial charge in [-0.25, -0.2) is 4.99 Å². The molecule has 2 aromatic rings.